The van der Waals surface area contributed by atoms with Crippen LogP contribution < -0.4 is 5.32 Å². The fourth-order valence-electron chi connectivity index (χ4n) is 1.64. The van der Waals surface area contributed by atoms with Crippen LogP contribution in [0.4, 0.5) is 14.5 Å². The third-order valence-corrected chi connectivity index (χ3v) is 2.87. The van der Waals surface area contributed by atoms with E-state index in [2.05, 4.69) is 5.32 Å². The summed E-state index contributed by atoms with van der Waals surface area (Å²) in [7, 11) is 0. The third-order valence-electron chi connectivity index (χ3n) is 2.63. The molecule has 0 saturated carbocycles. The van der Waals surface area contributed by atoms with E-state index in [0.29, 0.717) is 10.7 Å². The molecule has 5 heteroatoms. The Balaban J connectivity index is 2.28. The molecule has 0 atom stereocenters. The summed E-state index contributed by atoms with van der Waals surface area (Å²) in [6.45, 7) is 1.75. The van der Waals surface area contributed by atoms with Crippen molar-refractivity contribution in [3.8, 4) is 0 Å². The molecule has 0 saturated heterocycles. The van der Waals surface area contributed by atoms with E-state index in [-0.39, 0.29) is 5.56 Å². The second-order valence-corrected chi connectivity index (χ2v) is 4.45. The number of anilines is 1. The van der Waals surface area contributed by atoms with Crippen molar-refractivity contribution in [1.29, 1.82) is 0 Å². The molecule has 0 aliphatic heterocycles. The molecular formula is C14H10ClF2NO. The molecule has 2 rings (SSSR count). The highest BCUT2D eigenvalue weighted by Crippen LogP contribution is 2.21. The molecule has 1 N–H and O–H groups in total. The molecule has 0 aliphatic carbocycles. The van der Waals surface area contributed by atoms with Gasteiger partial charge in [0, 0.05) is 10.7 Å². The molecular weight excluding hydrogens is 272 g/mol. The van der Waals surface area contributed by atoms with Crippen LogP contribution in [0.15, 0.2) is 36.4 Å². The van der Waals surface area contributed by atoms with Crippen LogP contribution in [0.25, 0.3) is 0 Å². The molecule has 19 heavy (non-hydrogen) atoms. The molecule has 0 spiro atoms. The van der Waals surface area contributed by atoms with Crippen molar-refractivity contribution in [1.82, 2.24) is 0 Å². The number of carbonyl (C=O) groups is 1. The Morgan fingerprint density at radius 3 is 2.63 bits per heavy atom. The predicted molar refractivity (Wildman–Crippen MR) is 70.5 cm³/mol. The molecule has 0 unspecified atom stereocenters. The summed E-state index contributed by atoms with van der Waals surface area (Å²) in [5.41, 5.74) is 0.894. The average molecular weight is 282 g/mol. The third kappa shape index (κ3) is 2.90. The number of hydrogen-bond acceptors (Lipinski definition) is 1. The molecule has 2 nitrogen and oxygen atoms in total. The van der Waals surface area contributed by atoms with Crippen LogP contribution in [0.1, 0.15) is 15.9 Å². The van der Waals surface area contributed by atoms with Crippen LogP contribution >= 0.6 is 11.6 Å². The minimum Gasteiger partial charge on any atom is -0.322 e. The Hall–Kier alpha value is -1.94. The molecule has 0 aliphatic rings. The first-order valence-electron chi connectivity index (χ1n) is 5.50. The number of hydrogen-bond donors (Lipinski definition) is 1. The van der Waals surface area contributed by atoms with Crippen molar-refractivity contribution >= 4 is 23.2 Å². The number of benzene rings is 2. The lowest BCUT2D eigenvalue weighted by atomic mass is 10.1. The van der Waals surface area contributed by atoms with Gasteiger partial charge in [-0.1, -0.05) is 17.7 Å². The second-order valence-electron chi connectivity index (χ2n) is 4.01. The summed E-state index contributed by atoms with van der Waals surface area (Å²) in [6, 6.07) is 8.33. The van der Waals surface area contributed by atoms with Crippen LogP contribution in [0, 0.1) is 18.6 Å². The number of carbonyl (C=O) groups excluding carboxylic acids is 1. The van der Waals surface area contributed by atoms with Gasteiger partial charge in [-0.2, -0.15) is 0 Å². The lowest BCUT2D eigenvalue weighted by Crippen LogP contribution is -2.15. The van der Waals surface area contributed by atoms with Crippen molar-refractivity contribution < 1.29 is 13.6 Å². The lowest BCUT2D eigenvalue weighted by Gasteiger charge is -2.09. The van der Waals surface area contributed by atoms with Gasteiger partial charge in [-0.05, 0) is 42.8 Å². The van der Waals surface area contributed by atoms with E-state index in [1.54, 1.807) is 25.1 Å². The highest BCUT2D eigenvalue weighted by Gasteiger charge is 2.15. The topological polar surface area (TPSA) is 29.1 Å². The van der Waals surface area contributed by atoms with E-state index >= 15 is 0 Å². The van der Waals surface area contributed by atoms with E-state index in [0.717, 1.165) is 11.6 Å². The Kier molecular flexibility index (Phi) is 3.81. The lowest BCUT2D eigenvalue weighted by molar-refractivity contribution is 0.102. The first-order chi connectivity index (χ1) is 8.99. The minimum atomic E-state index is -1.16. The normalized spacial score (nSPS) is 10.3. The number of rotatable bonds is 2. The van der Waals surface area contributed by atoms with Gasteiger partial charge in [0.1, 0.15) is 0 Å². The molecule has 98 valence electrons. The number of amides is 1. The molecule has 0 heterocycles. The first-order valence-corrected chi connectivity index (χ1v) is 5.88. The maximum absolute atomic E-state index is 13.5. The smallest absolute Gasteiger partial charge is 0.258 e. The minimum absolute atomic E-state index is 0.339. The number of halogens is 3. The van der Waals surface area contributed by atoms with Crippen molar-refractivity contribution in [3.63, 3.8) is 0 Å². The molecule has 0 fully saturated rings. The van der Waals surface area contributed by atoms with Crippen molar-refractivity contribution in [2.45, 2.75) is 6.92 Å². The fourth-order valence-corrected chi connectivity index (χ4v) is 1.86. The Bertz CT molecular complexity index is 643. The summed E-state index contributed by atoms with van der Waals surface area (Å²) >= 11 is 5.79. The zero-order valence-electron chi connectivity index (χ0n) is 10.0. The van der Waals surface area contributed by atoms with Gasteiger partial charge in [0.05, 0.1) is 5.56 Å². The zero-order chi connectivity index (χ0) is 14.0. The van der Waals surface area contributed by atoms with Gasteiger partial charge < -0.3 is 5.32 Å². The van der Waals surface area contributed by atoms with Crippen LogP contribution in [-0.4, -0.2) is 5.91 Å². The van der Waals surface area contributed by atoms with Gasteiger partial charge in [-0.3, -0.25) is 4.79 Å². The first kappa shape index (κ1) is 13.5. The summed E-state index contributed by atoms with van der Waals surface area (Å²) < 4.78 is 26.5. The highest BCUT2D eigenvalue weighted by molar-refractivity contribution is 6.30. The monoisotopic (exact) mass is 281 g/mol. The average Bonchev–Trinajstić information content (AvgIpc) is 2.36. The van der Waals surface area contributed by atoms with E-state index in [9.17, 15) is 13.6 Å². The SMILES string of the molecule is Cc1cc(Cl)ccc1NC(=O)c1cccc(F)c1F. The van der Waals surface area contributed by atoms with E-state index in [1.807, 2.05) is 0 Å². The van der Waals surface area contributed by atoms with Crippen LogP contribution in [0.3, 0.4) is 0 Å². The quantitative estimate of drug-likeness (QED) is 0.879. The molecule has 1 amide bonds. The van der Waals surface area contributed by atoms with Gasteiger partial charge in [-0.15, -0.1) is 0 Å². The maximum Gasteiger partial charge on any atom is 0.258 e. The summed E-state index contributed by atoms with van der Waals surface area (Å²) in [6.07, 6.45) is 0. The largest absolute Gasteiger partial charge is 0.322 e. The van der Waals surface area contributed by atoms with E-state index < -0.39 is 17.5 Å². The fraction of sp³-hybridized carbons (Fsp3) is 0.0714. The van der Waals surface area contributed by atoms with Crippen molar-refractivity contribution in [2.75, 3.05) is 5.32 Å². The molecule has 0 bridgehead atoms. The Morgan fingerprint density at radius 2 is 1.95 bits per heavy atom. The van der Waals surface area contributed by atoms with Crippen molar-refractivity contribution in [2.24, 2.45) is 0 Å². The van der Waals surface area contributed by atoms with Gasteiger partial charge in [0.2, 0.25) is 0 Å². The van der Waals surface area contributed by atoms with Crippen LogP contribution in [0.2, 0.25) is 5.02 Å². The van der Waals surface area contributed by atoms with E-state index in [1.165, 1.54) is 12.1 Å². The summed E-state index contributed by atoms with van der Waals surface area (Å²) in [5, 5.41) is 3.05. The zero-order valence-corrected chi connectivity index (χ0v) is 10.8. The Morgan fingerprint density at radius 1 is 1.21 bits per heavy atom. The van der Waals surface area contributed by atoms with Gasteiger partial charge in [0.15, 0.2) is 11.6 Å². The molecule has 0 radical (unpaired) electrons. The molecule has 0 aromatic heterocycles. The number of nitrogens with one attached hydrogen (secondary N) is 1. The highest BCUT2D eigenvalue weighted by atomic mass is 35.5. The molecule has 2 aromatic rings. The van der Waals surface area contributed by atoms with Gasteiger partial charge >= 0.3 is 0 Å². The van der Waals surface area contributed by atoms with E-state index in [4.69, 9.17) is 11.6 Å². The van der Waals surface area contributed by atoms with Crippen LogP contribution in [-0.2, 0) is 0 Å². The van der Waals surface area contributed by atoms with Crippen LogP contribution in [0.5, 0.6) is 0 Å². The number of aryl methyl sites for hydroxylation is 1. The second kappa shape index (κ2) is 5.36. The maximum atomic E-state index is 13.5. The summed E-state index contributed by atoms with van der Waals surface area (Å²) in [5.74, 6) is -2.92. The van der Waals surface area contributed by atoms with Gasteiger partial charge in [0.25, 0.3) is 5.91 Å². The molecule has 2 aromatic carbocycles. The van der Waals surface area contributed by atoms with Crippen molar-refractivity contribution in [3.05, 3.63) is 64.2 Å². The standard InChI is InChI=1S/C14H10ClF2NO/c1-8-7-9(15)5-6-12(8)18-14(19)10-3-2-4-11(16)13(10)17/h2-7H,1H3,(H,18,19). The summed E-state index contributed by atoms with van der Waals surface area (Å²) in [4.78, 5) is 11.9. The Labute approximate surface area is 114 Å². The predicted octanol–water partition coefficient (Wildman–Crippen LogP) is 4.18. The van der Waals surface area contributed by atoms with Gasteiger partial charge in [-0.25, -0.2) is 8.78 Å².